The Morgan fingerprint density at radius 2 is 1.84 bits per heavy atom. The lowest BCUT2D eigenvalue weighted by Gasteiger charge is -2.08. The Bertz CT molecular complexity index is 450. The Morgan fingerprint density at radius 3 is 2.47 bits per heavy atom. The normalized spacial score (nSPS) is 17.5. The van der Waals surface area contributed by atoms with Gasteiger partial charge in [0.1, 0.15) is 11.6 Å². The molecule has 0 aliphatic heterocycles. The second kappa shape index (κ2) is 6.94. The van der Waals surface area contributed by atoms with Gasteiger partial charge in [-0.15, -0.1) is 0 Å². The van der Waals surface area contributed by atoms with Crippen LogP contribution in [0.3, 0.4) is 0 Å². The fraction of sp³-hybridized carbons (Fsp3) is 0.533. The Labute approximate surface area is 115 Å². The maximum Gasteiger partial charge on any atom is 0.149 e. The van der Waals surface area contributed by atoms with Crippen molar-refractivity contribution in [3.8, 4) is 0 Å². The number of halogens is 1. The summed E-state index contributed by atoms with van der Waals surface area (Å²) in [5.41, 5.74) is 0.782. The molecule has 1 saturated carbocycles. The van der Waals surface area contributed by atoms with E-state index in [1.165, 1.54) is 25.0 Å². The monoisotopic (exact) mass is 282 g/mol. The van der Waals surface area contributed by atoms with E-state index in [1.54, 1.807) is 12.1 Å². The van der Waals surface area contributed by atoms with Gasteiger partial charge in [-0.2, -0.15) is 0 Å². The quantitative estimate of drug-likeness (QED) is 0.804. The van der Waals surface area contributed by atoms with Crippen LogP contribution in [0.25, 0.3) is 0 Å². The molecule has 0 spiro atoms. The first-order chi connectivity index (χ1) is 9.13. The summed E-state index contributed by atoms with van der Waals surface area (Å²) in [6.07, 6.45) is 5.00. The lowest BCUT2D eigenvalue weighted by molar-refractivity contribution is -0.116. The summed E-state index contributed by atoms with van der Waals surface area (Å²) < 4.78 is 24.6. The van der Waals surface area contributed by atoms with E-state index < -0.39 is 10.8 Å². The van der Waals surface area contributed by atoms with Crippen LogP contribution in [0, 0.1) is 11.7 Å². The smallest absolute Gasteiger partial charge is 0.149 e. The predicted octanol–water partition coefficient (Wildman–Crippen LogP) is 2.88. The highest BCUT2D eigenvalue weighted by molar-refractivity contribution is 7.85. The van der Waals surface area contributed by atoms with E-state index in [0.29, 0.717) is 11.7 Å². The van der Waals surface area contributed by atoms with Crippen molar-refractivity contribution in [1.29, 1.82) is 0 Å². The third kappa shape index (κ3) is 4.86. The molecule has 2 nitrogen and oxygen atoms in total. The molecule has 0 bridgehead atoms. The van der Waals surface area contributed by atoms with Crippen LogP contribution in [0.2, 0.25) is 0 Å². The SMILES string of the molecule is O=C(Cc1ccc(F)cc1)CS(=O)CC1CCCC1. The summed E-state index contributed by atoms with van der Waals surface area (Å²) in [6, 6.07) is 5.90. The first kappa shape index (κ1) is 14.4. The minimum Gasteiger partial charge on any atom is -0.298 e. The summed E-state index contributed by atoms with van der Waals surface area (Å²) in [5.74, 6) is 1.01. The van der Waals surface area contributed by atoms with Gasteiger partial charge in [-0.25, -0.2) is 4.39 Å². The molecule has 104 valence electrons. The maximum atomic E-state index is 12.7. The molecule has 0 amide bonds. The van der Waals surface area contributed by atoms with E-state index in [2.05, 4.69) is 0 Å². The lowest BCUT2D eigenvalue weighted by Crippen LogP contribution is -2.18. The zero-order valence-corrected chi connectivity index (χ0v) is 11.8. The topological polar surface area (TPSA) is 34.1 Å². The average Bonchev–Trinajstić information content (AvgIpc) is 2.84. The summed E-state index contributed by atoms with van der Waals surface area (Å²) in [6.45, 7) is 0. The number of hydrogen-bond donors (Lipinski definition) is 0. The first-order valence-corrected chi connectivity index (χ1v) is 8.23. The highest BCUT2D eigenvalue weighted by Crippen LogP contribution is 2.25. The number of benzene rings is 1. The summed E-state index contributed by atoms with van der Waals surface area (Å²) in [4.78, 5) is 11.8. The molecule has 1 aliphatic carbocycles. The van der Waals surface area contributed by atoms with Gasteiger partial charge in [-0.05, 0) is 36.5 Å². The number of rotatable bonds is 6. The van der Waals surface area contributed by atoms with Gasteiger partial charge < -0.3 is 0 Å². The van der Waals surface area contributed by atoms with E-state index in [4.69, 9.17) is 0 Å². The van der Waals surface area contributed by atoms with Crippen LogP contribution in [-0.4, -0.2) is 21.5 Å². The third-order valence-electron chi connectivity index (χ3n) is 3.53. The molecule has 0 radical (unpaired) electrons. The second-order valence-corrected chi connectivity index (χ2v) is 6.74. The van der Waals surface area contributed by atoms with E-state index in [-0.39, 0.29) is 23.8 Å². The van der Waals surface area contributed by atoms with Gasteiger partial charge in [0.15, 0.2) is 0 Å². The largest absolute Gasteiger partial charge is 0.298 e. The van der Waals surface area contributed by atoms with Gasteiger partial charge in [-0.3, -0.25) is 9.00 Å². The highest BCUT2D eigenvalue weighted by Gasteiger charge is 2.19. The standard InChI is InChI=1S/C15H19FO2S/c16-14-7-5-12(6-8-14)9-15(17)11-19(18)10-13-3-1-2-4-13/h5-8,13H,1-4,9-11H2. The van der Waals surface area contributed by atoms with Crippen molar-refractivity contribution in [1.82, 2.24) is 0 Å². The molecule has 1 aromatic rings. The molecule has 1 aromatic carbocycles. The van der Waals surface area contributed by atoms with E-state index >= 15 is 0 Å². The number of carbonyl (C=O) groups excluding carboxylic acids is 1. The van der Waals surface area contributed by atoms with Crippen molar-refractivity contribution in [3.05, 3.63) is 35.6 Å². The molecule has 1 aliphatic rings. The van der Waals surface area contributed by atoms with E-state index in [9.17, 15) is 13.4 Å². The molecular weight excluding hydrogens is 263 g/mol. The minimum absolute atomic E-state index is 0.0251. The zero-order chi connectivity index (χ0) is 13.7. The first-order valence-electron chi connectivity index (χ1n) is 6.74. The Hall–Kier alpha value is -1.03. The minimum atomic E-state index is -1.04. The number of hydrogen-bond acceptors (Lipinski definition) is 2. The summed E-state index contributed by atoms with van der Waals surface area (Å²) >= 11 is 0. The fourth-order valence-electron chi connectivity index (χ4n) is 2.56. The van der Waals surface area contributed by atoms with Crippen LogP contribution in [0.5, 0.6) is 0 Å². The average molecular weight is 282 g/mol. The number of ketones is 1. The Kier molecular flexibility index (Phi) is 5.25. The van der Waals surface area contributed by atoms with Gasteiger partial charge in [0, 0.05) is 23.0 Å². The van der Waals surface area contributed by atoms with Crippen molar-refractivity contribution in [2.75, 3.05) is 11.5 Å². The molecule has 1 atom stereocenters. The van der Waals surface area contributed by atoms with Crippen LogP contribution in [0.4, 0.5) is 4.39 Å². The Balaban J connectivity index is 1.77. The van der Waals surface area contributed by atoms with Crippen molar-refractivity contribution in [2.45, 2.75) is 32.1 Å². The molecule has 0 heterocycles. The van der Waals surface area contributed by atoms with Gasteiger partial charge in [0.2, 0.25) is 0 Å². The van der Waals surface area contributed by atoms with Crippen molar-refractivity contribution in [3.63, 3.8) is 0 Å². The highest BCUT2D eigenvalue weighted by atomic mass is 32.2. The third-order valence-corrected chi connectivity index (χ3v) is 5.02. The zero-order valence-electron chi connectivity index (χ0n) is 10.9. The molecule has 0 aromatic heterocycles. The van der Waals surface area contributed by atoms with Crippen molar-refractivity contribution >= 4 is 16.6 Å². The lowest BCUT2D eigenvalue weighted by atomic mass is 10.1. The molecule has 0 saturated heterocycles. The maximum absolute atomic E-state index is 12.7. The molecule has 19 heavy (non-hydrogen) atoms. The second-order valence-electron chi connectivity index (χ2n) is 5.24. The number of carbonyl (C=O) groups is 1. The van der Waals surface area contributed by atoms with Gasteiger partial charge in [0.25, 0.3) is 0 Å². The van der Waals surface area contributed by atoms with Gasteiger partial charge in [0.05, 0.1) is 5.75 Å². The van der Waals surface area contributed by atoms with Crippen LogP contribution in [0.15, 0.2) is 24.3 Å². The van der Waals surface area contributed by atoms with Gasteiger partial charge >= 0.3 is 0 Å². The molecule has 0 N–H and O–H groups in total. The van der Waals surface area contributed by atoms with Crippen LogP contribution >= 0.6 is 0 Å². The molecular formula is C15H19FO2S. The van der Waals surface area contributed by atoms with Crippen molar-refractivity contribution in [2.24, 2.45) is 5.92 Å². The summed E-state index contributed by atoms with van der Waals surface area (Å²) in [7, 11) is -1.04. The summed E-state index contributed by atoms with van der Waals surface area (Å²) in [5, 5.41) is 0. The predicted molar refractivity (Wildman–Crippen MR) is 74.9 cm³/mol. The molecule has 1 unspecified atom stereocenters. The Morgan fingerprint density at radius 1 is 1.21 bits per heavy atom. The van der Waals surface area contributed by atoms with E-state index in [1.807, 2.05) is 0 Å². The van der Waals surface area contributed by atoms with Crippen LogP contribution in [0.1, 0.15) is 31.2 Å². The van der Waals surface area contributed by atoms with E-state index in [0.717, 1.165) is 18.4 Å². The van der Waals surface area contributed by atoms with Gasteiger partial charge in [-0.1, -0.05) is 25.0 Å². The molecule has 2 rings (SSSR count). The fourth-order valence-corrected chi connectivity index (χ4v) is 4.00. The van der Waals surface area contributed by atoms with Crippen LogP contribution < -0.4 is 0 Å². The van der Waals surface area contributed by atoms with Crippen molar-refractivity contribution < 1.29 is 13.4 Å². The molecule has 4 heteroatoms. The van der Waals surface area contributed by atoms with Crippen LogP contribution in [-0.2, 0) is 22.0 Å². The number of Topliss-reactive ketones (excluding diaryl/α,β-unsaturated/α-hetero) is 1. The molecule has 1 fully saturated rings.